The summed E-state index contributed by atoms with van der Waals surface area (Å²) in [6.45, 7) is -0.122. The molecule has 0 radical (unpaired) electrons. The number of hydrogen-bond donors (Lipinski definition) is 2. The zero-order valence-electron chi connectivity index (χ0n) is 23.8. The second kappa shape index (κ2) is 12.0. The lowest BCUT2D eigenvalue weighted by Gasteiger charge is -2.32. The van der Waals surface area contributed by atoms with Crippen LogP contribution in [0, 0.1) is 0 Å². The van der Waals surface area contributed by atoms with Crippen LogP contribution >= 0.6 is 0 Å². The molecular weight excluding hydrogens is 610 g/mol. The Labute approximate surface area is 252 Å². The van der Waals surface area contributed by atoms with Gasteiger partial charge in [-0.1, -0.05) is 6.07 Å². The van der Waals surface area contributed by atoms with Crippen molar-refractivity contribution in [2.75, 3.05) is 30.3 Å². The number of piperidine rings is 1. The summed E-state index contributed by atoms with van der Waals surface area (Å²) in [6.07, 6.45) is -5.47. The van der Waals surface area contributed by atoms with Gasteiger partial charge in [-0.25, -0.2) is 22.9 Å². The molecule has 4 amide bonds. The van der Waals surface area contributed by atoms with Gasteiger partial charge in [0.25, 0.3) is 5.92 Å². The lowest BCUT2D eigenvalue weighted by atomic mass is 10.1. The summed E-state index contributed by atoms with van der Waals surface area (Å²) in [4.78, 5) is 56.7. The smallest absolute Gasteiger partial charge is 0.337 e. The number of halogens is 6. The van der Waals surface area contributed by atoms with Crippen LogP contribution in [0.1, 0.15) is 42.2 Å². The van der Waals surface area contributed by atoms with Gasteiger partial charge in [0.2, 0.25) is 11.8 Å². The van der Waals surface area contributed by atoms with Gasteiger partial charge in [0, 0.05) is 47.7 Å². The first-order valence-corrected chi connectivity index (χ1v) is 14.0. The summed E-state index contributed by atoms with van der Waals surface area (Å²) in [5, 5.41) is 5.14. The van der Waals surface area contributed by atoms with Crippen molar-refractivity contribution in [2.24, 2.45) is 0 Å². The number of nitrogens with one attached hydrogen (secondary N) is 2. The third-order valence-electron chi connectivity index (χ3n) is 7.66. The van der Waals surface area contributed by atoms with E-state index in [2.05, 4.69) is 15.6 Å². The molecule has 240 valence electrons. The fraction of sp³-hybridized carbons (Fsp3) is 0.414. The number of nitrogens with zero attached hydrogens (tertiary/aromatic N) is 4. The van der Waals surface area contributed by atoms with Crippen molar-refractivity contribution in [3.63, 3.8) is 0 Å². The SMILES string of the molecule is CC(=O)c1cn(CC(=O)N2CC(F)CC2C(=O)Nc2cccc(C(F)(F)F)n2)c2ccc(NC(=O)N3CCCC(F)(F)C3)cc12. The van der Waals surface area contributed by atoms with E-state index in [0.717, 1.165) is 28.0 Å². The average molecular weight is 639 g/mol. The molecule has 2 saturated heterocycles. The first kappa shape index (κ1) is 31.8. The van der Waals surface area contributed by atoms with E-state index in [1.54, 1.807) is 0 Å². The molecule has 0 saturated carbocycles. The number of ketones is 1. The van der Waals surface area contributed by atoms with Crippen LogP contribution < -0.4 is 10.6 Å². The number of hydrogen-bond acceptors (Lipinski definition) is 5. The highest BCUT2D eigenvalue weighted by atomic mass is 19.4. The maximum Gasteiger partial charge on any atom is 0.433 e. The molecule has 3 aromatic rings. The van der Waals surface area contributed by atoms with E-state index in [0.29, 0.717) is 10.9 Å². The topological polar surface area (TPSA) is 117 Å². The van der Waals surface area contributed by atoms with E-state index < -0.39 is 73.3 Å². The first-order valence-electron chi connectivity index (χ1n) is 14.0. The third kappa shape index (κ3) is 7.04. The fourth-order valence-corrected chi connectivity index (χ4v) is 5.55. The number of benzene rings is 1. The van der Waals surface area contributed by atoms with Crippen molar-refractivity contribution in [3.05, 3.63) is 53.9 Å². The average Bonchev–Trinajstić information content (AvgIpc) is 3.52. The Bertz CT molecular complexity index is 1660. The second-order valence-corrected chi connectivity index (χ2v) is 11.1. The van der Waals surface area contributed by atoms with Crippen LogP contribution in [0.25, 0.3) is 10.9 Å². The van der Waals surface area contributed by atoms with Crippen LogP contribution in [0.4, 0.5) is 42.6 Å². The number of Topliss-reactive ketones (excluding diaryl/α,β-unsaturated/α-hetero) is 1. The lowest BCUT2D eigenvalue weighted by Crippen LogP contribution is -2.47. The van der Waals surface area contributed by atoms with Crippen LogP contribution in [-0.4, -0.2) is 80.7 Å². The number of fused-ring (bicyclic) bond motifs is 1. The molecule has 2 aliphatic rings. The van der Waals surface area contributed by atoms with Crippen molar-refractivity contribution < 1.29 is 45.5 Å². The van der Waals surface area contributed by atoms with E-state index in [9.17, 15) is 45.5 Å². The fourth-order valence-electron chi connectivity index (χ4n) is 5.55. The minimum absolute atomic E-state index is 0.148. The summed E-state index contributed by atoms with van der Waals surface area (Å²) < 4.78 is 82.5. The minimum Gasteiger partial charge on any atom is -0.337 e. The minimum atomic E-state index is -4.75. The summed E-state index contributed by atoms with van der Waals surface area (Å²) in [5.41, 5.74) is -0.429. The van der Waals surface area contributed by atoms with Crippen LogP contribution in [0.2, 0.25) is 0 Å². The first-order chi connectivity index (χ1) is 21.1. The molecule has 4 heterocycles. The molecule has 2 aromatic heterocycles. The molecule has 0 spiro atoms. The summed E-state index contributed by atoms with van der Waals surface area (Å²) >= 11 is 0. The highest BCUT2D eigenvalue weighted by Gasteiger charge is 2.41. The number of likely N-dealkylation sites (tertiary alicyclic amines) is 2. The molecular formula is C29H28F6N6O4. The van der Waals surface area contributed by atoms with E-state index in [1.807, 2.05) is 0 Å². The predicted octanol–water partition coefficient (Wildman–Crippen LogP) is 5.10. The number of amides is 4. The molecule has 1 aromatic carbocycles. The van der Waals surface area contributed by atoms with Gasteiger partial charge in [0.05, 0.1) is 13.1 Å². The molecule has 2 unspecified atom stereocenters. The molecule has 16 heteroatoms. The number of aromatic nitrogens is 2. The quantitative estimate of drug-likeness (QED) is 0.288. The molecule has 5 rings (SSSR count). The maximum absolute atomic E-state index is 14.5. The molecule has 2 atom stereocenters. The Hall–Kier alpha value is -4.63. The van der Waals surface area contributed by atoms with E-state index in [-0.39, 0.29) is 42.8 Å². The Morgan fingerprint density at radius 3 is 2.53 bits per heavy atom. The van der Waals surface area contributed by atoms with Crippen LogP contribution in [0.5, 0.6) is 0 Å². The van der Waals surface area contributed by atoms with Gasteiger partial charge in [-0.15, -0.1) is 0 Å². The number of carbonyl (C=O) groups excluding carboxylic acids is 4. The number of carbonyl (C=O) groups is 4. The standard InChI is InChI=1S/C29H28F6N6O4/c1-16(42)20-13-40(21-7-6-18(11-19(20)21)36-27(45)39-9-3-8-28(31,32)15-39)14-25(43)41-12-17(30)10-22(41)26(44)38-24-5-2-4-23(37-24)29(33,34)35/h2,4-7,11,13,17,22H,3,8-10,12,14-15H2,1H3,(H,36,45)(H,37,38,44). The molecule has 0 bridgehead atoms. The largest absolute Gasteiger partial charge is 0.433 e. The zero-order valence-corrected chi connectivity index (χ0v) is 23.8. The summed E-state index contributed by atoms with van der Waals surface area (Å²) in [5.74, 6) is -5.38. The van der Waals surface area contributed by atoms with Gasteiger partial charge >= 0.3 is 12.2 Å². The van der Waals surface area contributed by atoms with E-state index in [4.69, 9.17) is 0 Å². The van der Waals surface area contributed by atoms with Crippen molar-refractivity contribution >= 4 is 46.0 Å². The second-order valence-electron chi connectivity index (χ2n) is 11.1. The number of pyridine rings is 1. The molecule has 45 heavy (non-hydrogen) atoms. The van der Waals surface area contributed by atoms with Gasteiger partial charge < -0.3 is 25.0 Å². The van der Waals surface area contributed by atoms with Gasteiger partial charge in [0.1, 0.15) is 30.3 Å². The normalized spacial score (nSPS) is 19.9. The molecule has 2 fully saturated rings. The lowest BCUT2D eigenvalue weighted by molar-refractivity contribution is -0.141. The summed E-state index contributed by atoms with van der Waals surface area (Å²) in [6, 6.07) is 5.30. The molecule has 2 N–H and O–H groups in total. The van der Waals surface area contributed by atoms with E-state index in [1.165, 1.54) is 35.9 Å². The van der Waals surface area contributed by atoms with E-state index >= 15 is 0 Å². The highest BCUT2D eigenvalue weighted by molar-refractivity contribution is 6.08. The zero-order chi connectivity index (χ0) is 32.7. The number of alkyl halides is 6. The van der Waals surface area contributed by atoms with Gasteiger partial charge in [-0.3, -0.25) is 14.4 Å². The van der Waals surface area contributed by atoms with Crippen molar-refractivity contribution in [1.82, 2.24) is 19.4 Å². The predicted molar refractivity (Wildman–Crippen MR) is 150 cm³/mol. The highest BCUT2D eigenvalue weighted by Crippen LogP contribution is 2.31. The Morgan fingerprint density at radius 1 is 1.09 bits per heavy atom. The monoisotopic (exact) mass is 638 g/mol. The van der Waals surface area contributed by atoms with Crippen molar-refractivity contribution in [1.29, 1.82) is 0 Å². The molecule has 2 aliphatic heterocycles. The maximum atomic E-state index is 14.5. The van der Waals surface area contributed by atoms with Crippen molar-refractivity contribution in [3.8, 4) is 0 Å². The Balaban J connectivity index is 1.33. The Kier molecular flexibility index (Phi) is 8.51. The number of anilines is 2. The van der Waals surface area contributed by atoms with Gasteiger partial charge in [-0.2, -0.15) is 13.2 Å². The summed E-state index contributed by atoms with van der Waals surface area (Å²) in [7, 11) is 0. The number of urea groups is 1. The Morgan fingerprint density at radius 2 is 1.84 bits per heavy atom. The third-order valence-corrected chi connectivity index (χ3v) is 7.66. The van der Waals surface area contributed by atoms with Crippen LogP contribution in [-0.2, 0) is 22.3 Å². The molecule has 0 aliphatic carbocycles. The van der Waals surface area contributed by atoms with Gasteiger partial charge in [-0.05, 0) is 43.7 Å². The van der Waals surface area contributed by atoms with Crippen LogP contribution in [0.15, 0.2) is 42.6 Å². The number of rotatable bonds is 6. The molecule has 10 nitrogen and oxygen atoms in total. The van der Waals surface area contributed by atoms with Gasteiger partial charge in [0.15, 0.2) is 5.78 Å². The van der Waals surface area contributed by atoms with Crippen LogP contribution in [0.3, 0.4) is 0 Å². The van der Waals surface area contributed by atoms with Crippen molar-refractivity contribution in [2.45, 2.75) is 57.0 Å².